The normalized spacial score (nSPS) is 11.3. The van der Waals surface area contributed by atoms with Crippen LogP contribution in [0.3, 0.4) is 0 Å². The fourth-order valence-corrected chi connectivity index (χ4v) is 2.19. The van der Waals surface area contributed by atoms with Gasteiger partial charge in [0, 0.05) is 0 Å². The number of aromatic nitrogens is 4. The molecule has 1 aromatic carbocycles. The van der Waals surface area contributed by atoms with Crippen LogP contribution in [0.2, 0.25) is 0 Å². The molecule has 0 atom stereocenters. The third-order valence-corrected chi connectivity index (χ3v) is 3.40. The highest BCUT2D eigenvalue weighted by molar-refractivity contribution is 6.00. The molecule has 3 aromatic rings. The number of hydrogen-bond acceptors (Lipinski definition) is 4. The second-order valence-electron chi connectivity index (χ2n) is 5.32. The number of pyridine rings is 1. The van der Waals surface area contributed by atoms with Gasteiger partial charge in [0.1, 0.15) is 12.4 Å². The van der Waals surface area contributed by atoms with E-state index in [2.05, 4.69) is 25.9 Å². The molecule has 3 rings (SSSR count). The molecule has 140 valence electrons. The number of hydrogen-bond donors (Lipinski definition) is 2. The Labute approximate surface area is 150 Å². The highest BCUT2D eigenvalue weighted by Gasteiger charge is 2.33. The standard InChI is InChI=1S/C16H12F4N6O/c17-7-11-9-26(25-24-11)14-6-5-10(8-21-14)22-15(27)23-13-4-2-1-3-12(13)16(18,19)20/h1-6,8-9H,7H2,(H2,22,23,27). The zero-order valence-electron chi connectivity index (χ0n) is 13.5. The Hall–Kier alpha value is -3.50. The lowest BCUT2D eigenvalue weighted by molar-refractivity contribution is -0.136. The molecule has 2 aromatic heterocycles. The first-order chi connectivity index (χ1) is 12.9. The minimum absolute atomic E-state index is 0.140. The van der Waals surface area contributed by atoms with Gasteiger partial charge >= 0.3 is 12.2 Å². The van der Waals surface area contributed by atoms with Gasteiger partial charge in [0.25, 0.3) is 0 Å². The van der Waals surface area contributed by atoms with Gasteiger partial charge in [-0.2, -0.15) is 13.2 Å². The van der Waals surface area contributed by atoms with Crippen molar-refractivity contribution in [2.75, 3.05) is 10.6 Å². The number of nitrogens with zero attached hydrogens (tertiary/aromatic N) is 4. The molecule has 7 nitrogen and oxygen atoms in total. The smallest absolute Gasteiger partial charge is 0.307 e. The Kier molecular flexibility index (Phi) is 5.01. The highest BCUT2D eigenvalue weighted by atomic mass is 19.4. The molecule has 0 aliphatic heterocycles. The Balaban J connectivity index is 1.68. The first-order valence-electron chi connectivity index (χ1n) is 7.54. The molecule has 0 radical (unpaired) electrons. The maximum Gasteiger partial charge on any atom is 0.418 e. The van der Waals surface area contributed by atoms with Crippen molar-refractivity contribution < 1.29 is 22.4 Å². The van der Waals surface area contributed by atoms with Crippen molar-refractivity contribution in [3.05, 3.63) is 60.0 Å². The molecule has 0 bridgehead atoms. The molecule has 0 unspecified atom stereocenters. The summed E-state index contributed by atoms with van der Waals surface area (Å²) in [6.45, 7) is -0.765. The third kappa shape index (κ3) is 4.37. The van der Waals surface area contributed by atoms with Gasteiger partial charge in [-0.25, -0.2) is 18.9 Å². The van der Waals surface area contributed by atoms with Crippen LogP contribution in [0.1, 0.15) is 11.3 Å². The van der Waals surface area contributed by atoms with Gasteiger partial charge in [-0.3, -0.25) is 0 Å². The summed E-state index contributed by atoms with van der Waals surface area (Å²) >= 11 is 0. The predicted octanol–water partition coefficient (Wildman–Crippen LogP) is 3.79. The highest BCUT2D eigenvalue weighted by Crippen LogP contribution is 2.34. The van der Waals surface area contributed by atoms with Gasteiger partial charge in [-0.15, -0.1) is 5.10 Å². The first-order valence-corrected chi connectivity index (χ1v) is 7.54. The average Bonchev–Trinajstić information content (AvgIpc) is 3.11. The summed E-state index contributed by atoms with van der Waals surface area (Å²) in [5.41, 5.74) is -0.940. The topological polar surface area (TPSA) is 84.7 Å². The van der Waals surface area contributed by atoms with Crippen LogP contribution in [0.15, 0.2) is 48.8 Å². The summed E-state index contributed by atoms with van der Waals surface area (Å²) < 4.78 is 52.6. The molecule has 27 heavy (non-hydrogen) atoms. The lowest BCUT2D eigenvalue weighted by Crippen LogP contribution is -2.22. The molecular formula is C16H12F4N6O. The zero-order valence-corrected chi connectivity index (χ0v) is 13.5. The van der Waals surface area contributed by atoms with E-state index in [1.807, 2.05) is 0 Å². The molecule has 11 heteroatoms. The third-order valence-electron chi connectivity index (χ3n) is 3.40. The number of carbonyl (C=O) groups excluding carboxylic acids is 1. The van der Waals surface area contributed by atoms with Crippen LogP contribution < -0.4 is 10.6 Å². The van der Waals surface area contributed by atoms with Crippen LogP contribution in [0.4, 0.5) is 33.7 Å². The molecule has 0 aliphatic rings. The quantitative estimate of drug-likeness (QED) is 0.675. The number of nitrogens with one attached hydrogen (secondary N) is 2. The maximum atomic E-state index is 12.9. The summed E-state index contributed by atoms with van der Waals surface area (Å²) in [6, 6.07) is 6.72. The van der Waals surface area contributed by atoms with Crippen LogP contribution in [0.25, 0.3) is 5.82 Å². The van der Waals surface area contributed by atoms with Crippen molar-refractivity contribution in [3.8, 4) is 5.82 Å². The van der Waals surface area contributed by atoms with Crippen molar-refractivity contribution in [1.82, 2.24) is 20.0 Å². The van der Waals surface area contributed by atoms with E-state index in [4.69, 9.17) is 0 Å². The number of anilines is 2. The molecule has 0 aliphatic carbocycles. The fraction of sp³-hybridized carbons (Fsp3) is 0.125. The summed E-state index contributed by atoms with van der Waals surface area (Å²) in [4.78, 5) is 16.0. The monoisotopic (exact) mass is 380 g/mol. The van der Waals surface area contributed by atoms with Crippen molar-refractivity contribution in [2.45, 2.75) is 12.9 Å². The van der Waals surface area contributed by atoms with Crippen LogP contribution in [-0.2, 0) is 12.9 Å². The van der Waals surface area contributed by atoms with E-state index in [1.54, 1.807) is 0 Å². The van der Waals surface area contributed by atoms with E-state index in [-0.39, 0.29) is 17.1 Å². The molecule has 2 heterocycles. The zero-order chi connectivity index (χ0) is 19.4. The molecule has 2 amide bonds. The van der Waals surface area contributed by atoms with E-state index >= 15 is 0 Å². The van der Waals surface area contributed by atoms with E-state index in [9.17, 15) is 22.4 Å². The molecule has 0 saturated carbocycles. The average molecular weight is 380 g/mol. The Bertz CT molecular complexity index is 939. The van der Waals surface area contributed by atoms with Gasteiger partial charge in [0.2, 0.25) is 0 Å². The minimum Gasteiger partial charge on any atom is -0.307 e. The maximum absolute atomic E-state index is 12.9. The number of rotatable bonds is 4. The van der Waals surface area contributed by atoms with Gasteiger partial charge in [0.15, 0.2) is 5.82 Å². The number of benzene rings is 1. The van der Waals surface area contributed by atoms with Crippen molar-refractivity contribution in [1.29, 1.82) is 0 Å². The predicted molar refractivity (Wildman–Crippen MR) is 88.1 cm³/mol. The number of alkyl halides is 4. The largest absolute Gasteiger partial charge is 0.418 e. The molecule has 0 fully saturated rings. The van der Waals surface area contributed by atoms with Gasteiger partial charge in [0.05, 0.1) is 29.3 Å². The summed E-state index contributed by atoms with van der Waals surface area (Å²) in [5.74, 6) is 0.329. The molecule has 0 saturated heterocycles. The van der Waals surface area contributed by atoms with Crippen LogP contribution in [0.5, 0.6) is 0 Å². The number of carbonyl (C=O) groups is 1. The van der Waals surface area contributed by atoms with E-state index < -0.39 is 24.4 Å². The minimum atomic E-state index is -4.59. The Morgan fingerprint density at radius 3 is 2.52 bits per heavy atom. The lowest BCUT2D eigenvalue weighted by atomic mass is 10.1. The first kappa shape index (κ1) is 18.3. The van der Waals surface area contributed by atoms with Gasteiger partial charge < -0.3 is 10.6 Å². The second-order valence-corrected chi connectivity index (χ2v) is 5.32. The number of urea groups is 1. The number of amides is 2. The number of halogens is 4. The SMILES string of the molecule is O=C(Nc1ccc(-n2cc(CF)nn2)nc1)Nc1ccccc1C(F)(F)F. The van der Waals surface area contributed by atoms with Gasteiger partial charge in [-0.05, 0) is 24.3 Å². The van der Waals surface area contributed by atoms with Crippen LogP contribution in [0, 0.1) is 0 Å². The molecule has 2 N–H and O–H groups in total. The summed E-state index contributed by atoms with van der Waals surface area (Å²) in [6.07, 6.45) is -1.96. The van der Waals surface area contributed by atoms with Gasteiger partial charge in [-0.1, -0.05) is 17.3 Å². The summed E-state index contributed by atoms with van der Waals surface area (Å²) in [5, 5.41) is 11.8. The van der Waals surface area contributed by atoms with E-state index in [0.717, 1.165) is 12.1 Å². The lowest BCUT2D eigenvalue weighted by Gasteiger charge is -2.14. The second kappa shape index (κ2) is 7.40. The molecule has 0 spiro atoms. The van der Waals surface area contributed by atoms with Crippen LogP contribution in [-0.4, -0.2) is 26.0 Å². The molecular weight excluding hydrogens is 368 g/mol. The van der Waals surface area contributed by atoms with E-state index in [0.29, 0.717) is 5.82 Å². The van der Waals surface area contributed by atoms with Crippen LogP contribution >= 0.6 is 0 Å². The van der Waals surface area contributed by atoms with Crippen molar-refractivity contribution in [2.24, 2.45) is 0 Å². The van der Waals surface area contributed by atoms with E-state index in [1.165, 1.54) is 41.3 Å². The number of para-hydroxylation sites is 1. The van der Waals surface area contributed by atoms with Crippen molar-refractivity contribution in [3.63, 3.8) is 0 Å². The Morgan fingerprint density at radius 1 is 1.11 bits per heavy atom. The summed E-state index contributed by atoms with van der Waals surface area (Å²) in [7, 11) is 0. The Morgan fingerprint density at radius 2 is 1.89 bits per heavy atom. The fourth-order valence-electron chi connectivity index (χ4n) is 2.19. The van der Waals surface area contributed by atoms with Crippen molar-refractivity contribution >= 4 is 17.4 Å².